The highest BCUT2D eigenvalue weighted by atomic mass is 16.3. The molecule has 0 fully saturated rings. The standard InChI is InChI=1S/C21H18N2O2/c24-19-12-6-4-10-17(19)14-22-21(16-8-2-1-3-9-16)23-15-18-11-5-7-13-20(18)25/h1-15,21,24-25H/b22-14+,23-15+. The van der Waals surface area contributed by atoms with E-state index in [1.54, 1.807) is 48.8 Å². The lowest BCUT2D eigenvalue weighted by Crippen LogP contribution is -1.95. The largest absolute Gasteiger partial charge is 0.507 e. The zero-order valence-corrected chi connectivity index (χ0v) is 13.5. The van der Waals surface area contributed by atoms with Crippen molar-refractivity contribution >= 4 is 12.4 Å². The van der Waals surface area contributed by atoms with E-state index in [4.69, 9.17) is 0 Å². The number of para-hydroxylation sites is 2. The molecule has 25 heavy (non-hydrogen) atoms. The lowest BCUT2D eigenvalue weighted by Gasteiger charge is -2.08. The van der Waals surface area contributed by atoms with Crippen LogP contribution in [0.25, 0.3) is 0 Å². The maximum absolute atomic E-state index is 9.88. The number of rotatable bonds is 5. The molecule has 0 aromatic heterocycles. The van der Waals surface area contributed by atoms with Gasteiger partial charge in [-0.2, -0.15) is 0 Å². The van der Waals surface area contributed by atoms with E-state index in [1.807, 2.05) is 42.5 Å². The Morgan fingerprint density at radius 1 is 0.600 bits per heavy atom. The first-order valence-electron chi connectivity index (χ1n) is 7.91. The summed E-state index contributed by atoms with van der Waals surface area (Å²) in [5.41, 5.74) is 2.17. The average Bonchev–Trinajstić information content (AvgIpc) is 2.65. The first-order chi connectivity index (χ1) is 12.2. The molecule has 0 amide bonds. The monoisotopic (exact) mass is 330 g/mol. The molecule has 124 valence electrons. The Morgan fingerprint density at radius 2 is 1.04 bits per heavy atom. The Hall–Kier alpha value is -3.40. The van der Waals surface area contributed by atoms with Gasteiger partial charge in [0, 0.05) is 23.6 Å². The highest BCUT2D eigenvalue weighted by Gasteiger charge is 2.07. The summed E-state index contributed by atoms with van der Waals surface area (Å²) in [6.45, 7) is 0. The van der Waals surface area contributed by atoms with Crippen LogP contribution in [0, 0.1) is 0 Å². The van der Waals surface area contributed by atoms with Gasteiger partial charge in [0.05, 0.1) is 0 Å². The molecule has 0 bridgehead atoms. The number of phenols is 2. The van der Waals surface area contributed by atoms with Crippen molar-refractivity contribution in [1.82, 2.24) is 0 Å². The molecule has 0 heterocycles. The van der Waals surface area contributed by atoms with Crippen molar-refractivity contribution in [3.8, 4) is 11.5 Å². The minimum absolute atomic E-state index is 0.169. The fourth-order valence-electron chi connectivity index (χ4n) is 2.33. The zero-order valence-electron chi connectivity index (χ0n) is 13.5. The second-order valence-electron chi connectivity index (χ2n) is 5.46. The Morgan fingerprint density at radius 3 is 1.52 bits per heavy atom. The predicted octanol–water partition coefficient (Wildman–Crippen LogP) is 4.33. The third-order valence-corrected chi connectivity index (χ3v) is 3.68. The normalized spacial score (nSPS) is 11.6. The van der Waals surface area contributed by atoms with Gasteiger partial charge >= 0.3 is 0 Å². The molecule has 3 aromatic carbocycles. The van der Waals surface area contributed by atoms with Gasteiger partial charge in [0.15, 0.2) is 6.17 Å². The van der Waals surface area contributed by atoms with Crippen LogP contribution < -0.4 is 0 Å². The third kappa shape index (κ3) is 4.32. The van der Waals surface area contributed by atoms with Gasteiger partial charge in [0.2, 0.25) is 0 Å². The second kappa shape index (κ2) is 7.93. The lowest BCUT2D eigenvalue weighted by molar-refractivity contribution is 0.474. The third-order valence-electron chi connectivity index (χ3n) is 3.68. The molecule has 3 rings (SSSR count). The van der Waals surface area contributed by atoms with Crippen molar-refractivity contribution in [3.63, 3.8) is 0 Å². The summed E-state index contributed by atoms with van der Waals surface area (Å²) in [7, 11) is 0. The van der Waals surface area contributed by atoms with E-state index in [0.29, 0.717) is 11.1 Å². The Bertz CT molecular complexity index is 834. The fourth-order valence-corrected chi connectivity index (χ4v) is 2.33. The molecule has 0 atom stereocenters. The number of hydrogen-bond donors (Lipinski definition) is 2. The summed E-state index contributed by atoms with van der Waals surface area (Å²) < 4.78 is 0. The Labute approximate surface area is 146 Å². The van der Waals surface area contributed by atoms with Crippen molar-refractivity contribution in [1.29, 1.82) is 0 Å². The van der Waals surface area contributed by atoms with Crippen LogP contribution in [-0.4, -0.2) is 22.6 Å². The van der Waals surface area contributed by atoms with Crippen molar-refractivity contribution in [2.45, 2.75) is 6.17 Å². The Balaban J connectivity index is 1.91. The Kier molecular flexibility index (Phi) is 5.22. The van der Waals surface area contributed by atoms with Crippen LogP contribution in [0.15, 0.2) is 88.8 Å². The molecular weight excluding hydrogens is 312 g/mol. The van der Waals surface area contributed by atoms with E-state index in [0.717, 1.165) is 5.56 Å². The maximum atomic E-state index is 9.88. The quantitative estimate of drug-likeness (QED) is 0.684. The van der Waals surface area contributed by atoms with Gasteiger partial charge in [-0.25, -0.2) is 0 Å². The van der Waals surface area contributed by atoms with E-state index in [1.165, 1.54) is 0 Å². The summed E-state index contributed by atoms with van der Waals surface area (Å²) in [5.74, 6) is 0.338. The average molecular weight is 330 g/mol. The summed E-state index contributed by atoms with van der Waals surface area (Å²) in [6.07, 6.45) is 2.74. The van der Waals surface area contributed by atoms with Crippen LogP contribution in [0.3, 0.4) is 0 Å². The summed E-state index contributed by atoms with van der Waals surface area (Å²) in [6, 6.07) is 23.7. The van der Waals surface area contributed by atoms with E-state index in [9.17, 15) is 10.2 Å². The van der Waals surface area contributed by atoms with Gasteiger partial charge in [-0.05, 0) is 29.8 Å². The number of aliphatic imine (C=N–C) groups is 2. The van der Waals surface area contributed by atoms with Crippen LogP contribution in [0.5, 0.6) is 11.5 Å². The highest BCUT2D eigenvalue weighted by Crippen LogP contribution is 2.21. The molecule has 0 aliphatic carbocycles. The van der Waals surface area contributed by atoms with Gasteiger partial charge in [-0.1, -0.05) is 54.6 Å². The molecule has 0 saturated carbocycles. The number of phenolic OH excluding ortho intramolecular Hbond substituents is 2. The van der Waals surface area contributed by atoms with Gasteiger partial charge in [-0.15, -0.1) is 0 Å². The predicted molar refractivity (Wildman–Crippen MR) is 101 cm³/mol. The second-order valence-corrected chi connectivity index (χ2v) is 5.46. The van der Waals surface area contributed by atoms with Crippen LogP contribution >= 0.6 is 0 Å². The molecule has 0 radical (unpaired) electrons. The minimum atomic E-state index is -0.472. The SMILES string of the molecule is Oc1ccccc1/C=N/C(/N=C/c1ccccc1O)c1ccccc1. The minimum Gasteiger partial charge on any atom is -0.507 e. The summed E-state index contributed by atoms with van der Waals surface area (Å²) in [4.78, 5) is 9.01. The molecule has 0 aliphatic heterocycles. The van der Waals surface area contributed by atoms with Crippen LogP contribution in [-0.2, 0) is 0 Å². The van der Waals surface area contributed by atoms with Crippen LogP contribution in [0.1, 0.15) is 22.9 Å². The maximum Gasteiger partial charge on any atom is 0.165 e. The molecule has 0 saturated heterocycles. The van der Waals surface area contributed by atoms with Crippen molar-refractivity contribution in [2.24, 2.45) is 9.98 Å². The fraction of sp³-hybridized carbons (Fsp3) is 0.0476. The first-order valence-corrected chi connectivity index (χ1v) is 7.91. The smallest absolute Gasteiger partial charge is 0.165 e. The van der Waals surface area contributed by atoms with Crippen molar-refractivity contribution in [2.75, 3.05) is 0 Å². The van der Waals surface area contributed by atoms with Gasteiger partial charge < -0.3 is 10.2 Å². The van der Waals surface area contributed by atoms with E-state index < -0.39 is 6.17 Å². The lowest BCUT2D eigenvalue weighted by atomic mass is 10.1. The summed E-state index contributed by atoms with van der Waals surface area (Å²) >= 11 is 0. The van der Waals surface area contributed by atoms with Crippen molar-refractivity contribution < 1.29 is 10.2 Å². The molecule has 4 heteroatoms. The van der Waals surface area contributed by atoms with E-state index in [2.05, 4.69) is 9.98 Å². The van der Waals surface area contributed by atoms with Crippen LogP contribution in [0.4, 0.5) is 0 Å². The molecule has 3 aromatic rings. The van der Waals surface area contributed by atoms with Gasteiger partial charge in [0.1, 0.15) is 11.5 Å². The molecule has 0 unspecified atom stereocenters. The first kappa shape index (κ1) is 16.5. The van der Waals surface area contributed by atoms with E-state index in [-0.39, 0.29) is 11.5 Å². The molecule has 4 nitrogen and oxygen atoms in total. The highest BCUT2D eigenvalue weighted by molar-refractivity contribution is 5.85. The van der Waals surface area contributed by atoms with Gasteiger partial charge in [0.25, 0.3) is 0 Å². The number of hydrogen-bond acceptors (Lipinski definition) is 4. The zero-order chi connectivity index (χ0) is 17.5. The van der Waals surface area contributed by atoms with Crippen LogP contribution in [0.2, 0.25) is 0 Å². The molecular formula is C21H18N2O2. The summed E-state index contributed by atoms with van der Waals surface area (Å²) in [5, 5.41) is 19.8. The molecule has 0 spiro atoms. The molecule has 2 N–H and O–H groups in total. The number of benzene rings is 3. The van der Waals surface area contributed by atoms with Crippen molar-refractivity contribution in [3.05, 3.63) is 95.6 Å². The molecule has 0 aliphatic rings. The number of nitrogens with zero attached hydrogens (tertiary/aromatic N) is 2. The van der Waals surface area contributed by atoms with Gasteiger partial charge in [-0.3, -0.25) is 9.98 Å². The topological polar surface area (TPSA) is 65.2 Å². The number of aromatic hydroxyl groups is 2. The van der Waals surface area contributed by atoms with E-state index >= 15 is 0 Å².